The molecular weight excluding hydrogens is 280 g/mol. The molecule has 4 heteroatoms. The Hall–Kier alpha value is -1.36. The summed E-state index contributed by atoms with van der Waals surface area (Å²) in [6, 6.07) is 10.4. The van der Waals surface area contributed by atoms with Crippen molar-refractivity contribution in [3.63, 3.8) is 0 Å². The zero-order valence-electron chi connectivity index (χ0n) is 12.8. The number of hydrogen-bond acceptors (Lipinski definition) is 4. The SMILES string of the molecule is COc1ccccc1CN(C)CCNCCc1ccsc1. The van der Waals surface area contributed by atoms with Crippen LogP contribution in [0.1, 0.15) is 11.1 Å². The van der Waals surface area contributed by atoms with Crippen LogP contribution in [0, 0.1) is 0 Å². The topological polar surface area (TPSA) is 24.5 Å². The van der Waals surface area contributed by atoms with Gasteiger partial charge in [-0.05, 0) is 48.5 Å². The summed E-state index contributed by atoms with van der Waals surface area (Å²) in [4.78, 5) is 2.31. The van der Waals surface area contributed by atoms with E-state index in [0.717, 1.165) is 38.3 Å². The summed E-state index contributed by atoms with van der Waals surface area (Å²) >= 11 is 1.77. The molecule has 0 atom stereocenters. The molecule has 0 saturated heterocycles. The molecule has 0 amide bonds. The fourth-order valence-electron chi connectivity index (χ4n) is 2.27. The van der Waals surface area contributed by atoms with Gasteiger partial charge in [0.25, 0.3) is 0 Å². The van der Waals surface area contributed by atoms with E-state index >= 15 is 0 Å². The Bertz CT molecular complexity index is 513. The second-order valence-electron chi connectivity index (χ2n) is 5.18. The number of rotatable bonds is 9. The van der Waals surface area contributed by atoms with Gasteiger partial charge in [-0.2, -0.15) is 11.3 Å². The molecule has 2 aromatic rings. The fourth-order valence-corrected chi connectivity index (χ4v) is 2.97. The third kappa shape index (κ3) is 5.50. The van der Waals surface area contributed by atoms with E-state index in [0.29, 0.717) is 0 Å². The number of thiophene rings is 1. The first-order chi connectivity index (χ1) is 10.3. The summed E-state index contributed by atoms with van der Waals surface area (Å²) in [6.45, 7) is 3.99. The molecule has 3 nitrogen and oxygen atoms in total. The quantitative estimate of drug-likeness (QED) is 0.721. The van der Waals surface area contributed by atoms with Crippen LogP contribution < -0.4 is 10.1 Å². The summed E-state index contributed by atoms with van der Waals surface area (Å²) in [5.74, 6) is 0.967. The Morgan fingerprint density at radius 3 is 2.81 bits per heavy atom. The van der Waals surface area contributed by atoms with Crippen LogP contribution in [0.5, 0.6) is 5.75 Å². The maximum atomic E-state index is 5.39. The predicted octanol–water partition coefficient (Wildman–Crippen LogP) is 3.02. The zero-order valence-corrected chi connectivity index (χ0v) is 13.7. The highest BCUT2D eigenvalue weighted by molar-refractivity contribution is 7.07. The first kappa shape index (κ1) is 16.0. The van der Waals surface area contributed by atoms with Crippen molar-refractivity contribution in [3.8, 4) is 5.75 Å². The van der Waals surface area contributed by atoms with E-state index in [9.17, 15) is 0 Å². The minimum Gasteiger partial charge on any atom is -0.496 e. The summed E-state index contributed by atoms with van der Waals surface area (Å²) < 4.78 is 5.39. The van der Waals surface area contributed by atoms with Gasteiger partial charge in [-0.1, -0.05) is 18.2 Å². The molecular formula is C17H24N2OS. The summed E-state index contributed by atoms with van der Waals surface area (Å²) in [5.41, 5.74) is 2.66. The van der Waals surface area contributed by atoms with Gasteiger partial charge in [0.2, 0.25) is 0 Å². The molecule has 0 radical (unpaired) electrons. The van der Waals surface area contributed by atoms with E-state index in [1.807, 2.05) is 12.1 Å². The Labute approximate surface area is 131 Å². The Morgan fingerprint density at radius 1 is 1.19 bits per heavy atom. The minimum atomic E-state index is 0.913. The molecule has 0 bridgehead atoms. The van der Waals surface area contributed by atoms with E-state index in [-0.39, 0.29) is 0 Å². The van der Waals surface area contributed by atoms with Gasteiger partial charge >= 0.3 is 0 Å². The number of nitrogens with one attached hydrogen (secondary N) is 1. The molecule has 0 saturated carbocycles. The third-order valence-corrected chi connectivity index (χ3v) is 4.21. The summed E-state index contributed by atoms with van der Waals surface area (Å²) in [5, 5.41) is 7.85. The molecule has 0 fully saturated rings. The normalized spacial score (nSPS) is 11.0. The van der Waals surface area contributed by atoms with Crippen molar-refractivity contribution in [1.29, 1.82) is 0 Å². The van der Waals surface area contributed by atoms with E-state index in [1.54, 1.807) is 18.4 Å². The van der Waals surface area contributed by atoms with Crippen molar-refractivity contribution in [1.82, 2.24) is 10.2 Å². The monoisotopic (exact) mass is 304 g/mol. The van der Waals surface area contributed by atoms with E-state index in [4.69, 9.17) is 4.74 Å². The predicted molar refractivity (Wildman–Crippen MR) is 90.2 cm³/mol. The standard InChI is InChI=1S/C17H24N2OS/c1-19(13-16-5-3-4-6-17(16)20-2)11-10-18-9-7-15-8-12-21-14-15/h3-6,8,12,14,18H,7,9-11,13H2,1-2H3. The van der Waals surface area contributed by atoms with Crippen molar-refractivity contribution < 1.29 is 4.74 Å². The second-order valence-corrected chi connectivity index (χ2v) is 5.96. The Morgan fingerprint density at radius 2 is 2.05 bits per heavy atom. The number of nitrogens with zero attached hydrogens (tertiary/aromatic N) is 1. The lowest BCUT2D eigenvalue weighted by Gasteiger charge is -2.18. The van der Waals surface area contributed by atoms with Gasteiger partial charge in [-0.25, -0.2) is 0 Å². The summed E-state index contributed by atoms with van der Waals surface area (Å²) in [7, 11) is 3.87. The van der Waals surface area contributed by atoms with Gasteiger partial charge in [-0.3, -0.25) is 0 Å². The smallest absolute Gasteiger partial charge is 0.123 e. The van der Waals surface area contributed by atoms with Crippen LogP contribution in [-0.4, -0.2) is 38.7 Å². The number of hydrogen-bond donors (Lipinski definition) is 1. The van der Waals surface area contributed by atoms with Gasteiger partial charge in [0, 0.05) is 25.2 Å². The lowest BCUT2D eigenvalue weighted by molar-refractivity contribution is 0.316. The van der Waals surface area contributed by atoms with Crippen LogP contribution in [0.15, 0.2) is 41.1 Å². The van der Waals surface area contributed by atoms with Crippen LogP contribution >= 0.6 is 11.3 Å². The largest absolute Gasteiger partial charge is 0.496 e. The molecule has 0 aliphatic rings. The molecule has 1 aromatic carbocycles. The molecule has 1 aromatic heterocycles. The first-order valence-electron chi connectivity index (χ1n) is 7.32. The number of methoxy groups -OCH3 is 1. The van der Waals surface area contributed by atoms with Crippen LogP contribution in [0.25, 0.3) is 0 Å². The van der Waals surface area contributed by atoms with Crippen molar-refractivity contribution in [2.45, 2.75) is 13.0 Å². The average molecular weight is 304 g/mol. The van der Waals surface area contributed by atoms with Gasteiger partial charge in [0.1, 0.15) is 5.75 Å². The second kappa shape index (κ2) is 8.82. The van der Waals surface area contributed by atoms with Gasteiger partial charge < -0.3 is 15.0 Å². The lowest BCUT2D eigenvalue weighted by Crippen LogP contribution is -2.30. The maximum Gasteiger partial charge on any atom is 0.123 e. The van der Waals surface area contributed by atoms with Crippen LogP contribution in [0.3, 0.4) is 0 Å². The molecule has 2 rings (SSSR count). The number of likely N-dealkylation sites (N-methyl/N-ethyl adjacent to an activating group) is 1. The molecule has 1 N–H and O–H groups in total. The van der Waals surface area contributed by atoms with Gasteiger partial charge in [0.05, 0.1) is 7.11 Å². The number of ether oxygens (including phenoxy) is 1. The van der Waals surface area contributed by atoms with Crippen molar-refractivity contribution >= 4 is 11.3 Å². The van der Waals surface area contributed by atoms with Crippen LogP contribution in [0.2, 0.25) is 0 Å². The van der Waals surface area contributed by atoms with E-state index in [1.165, 1.54) is 11.1 Å². The van der Waals surface area contributed by atoms with E-state index in [2.05, 4.69) is 46.2 Å². The van der Waals surface area contributed by atoms with E-state index < -0.39 is 0 Å². The highest BCUT2D eigenvalue weighted by Gasteiger charge is 2.05. The molecule has 21 heavy (non-hydrogen) atoms. The van der Waals surface area contributed by atoms with Crippen molar-refractivity contribution in [3.05, 3.63) is 52.2 Å². The van der Waals surface area contributed by atoms with Crippen molar-refractivity contribution in [2.75, 3.05) is 33.8 Å². The molecule has 1 heterocycles. The van der Waals surface area contributed by atoms with Gasteiger partial charge in [0.15, 0.2) is 0 Å². The minimum absolute atomic E-state index is 0.913. The lowest BCUT2D eigenvalue weighted by atomic mass is 10.2. The zero-order chi connectivity index (χ0) is 14.9. The molecule has 0 aliphatic carbocycles. The van der Waals surface area contributed by atoms with Crippen LogP contribution in [-0.2, 0) is 13.0 Å². The van der Waals surface area contributed by atoms with Crippen LogP contribution in [0.4, 0.5) is 0 Å². The Kier molecular flexibility index (Phi) is 6.73. The molecule has 0 aliphatic heterocycles. The average Bonchev–Trinajstić information content (AvgIpc) is 3.01. The third-order valence-electron chi connectivity index (χ3n) is 3.47. The number of benzene rings is 1. The highest BCUT2D eigenvalue weighted by Crippen LogP contribution is 2.18. The van der Waals surface area contributed by atoms with Crippen molar-refractivity contribution in [2.24, 2.45) is 0 Å². The molecule has 0 spiro atoms. The Balaban J connectivity index is 1.64. The fraction of sp³-hybridized carbons (Fsp3) is 0.412. The molecule has 114 valence electrons. The van der Waals surface area contributed by atoms with Gasteiger partial charge in [-0.15, -0.1) is 0 Å². The summed E-state index contributed by atoms with van der Waals surface area (Å²) in [6.07, 6.45) is 1.11. The first-order valence-corrected chi connectivity index (χ1v) is 8.26. The maximum absolute atomic E-state index is 5.39. The molecule has 0 unspecified atom stereocenters. The number of para-hydroxylation sites is 1. The highest BCUT2D eigenvalue weighted by atomic mass is 32.1.